The zero-order valence-electron chi connectivity index (χ0n) is 20.7. The van der Waals surface area contributed by atoms with E-state index in [1.54, 1.807) is 26.0 Å². The standard InChI is InChI=1S/C23H28N8O7/c1-21(2)37-12-5-3-4-10(16(12)38-21)18(34)27-13-9-31-20(25)26-11(8-30-14(32)6-7-15(30)33)17-22(31,23(13,35)36)29-19(24)28-17/h3-5,11,13,17,35-36H,6-9H2,1-2H3,(H2,25,26)(H,27,34)(H3,24,28,29)/p+1/t11-,13?,17-,22-/m0/s1. The van der Waals surface area contributed by atoms with Crippen molar-refractivity contribution in [2.45, 2.75) is 62.1 Å². The van der Waals surface area contributed by atoms with E-state index in [2.05, 4.69) is 20.6 Å². The fourth-order valence-electron chi connectivity index (χ4n) is 5.98. The van der Waals surface area contributed by atoms with E-state index < -0.39 is 41.3 Å². The number of carbonyl (C=O) groups is 3. The Balaban J connectivity index is 1.31. The summed E-state index contributed by atoms with van der Waals surface area (Å²) < 4.78 is 11.5. The number of imide groups is 1. The molecule has 1 aromatic carbocycles. The third-order valence-electron chi connectivity index (χ3n) is 7.64. The van der Waals surface area contributed by atoms with E-state index in [1.165, 1.54) is 11.0 Å². The number of likely N-dealkylation sites (tertiary alicyclic amines) is 1. The molecule has 1 unspecified atom stereocenters. The van der Waals surface area contributed by atoms with Gasteiger partial charge in [0.05, 0.1) is 18.7 Å². The number of nitrogens with one attached hydrogen (secondary N) is 3. The van der Waals surface area contributed by atoms with Gasteiger partial charge < -0.3 is 30.7 Å². The maximum Gasteiger partial charge on any atom is 0.343 e. The molecule has 202 valence electrons. The molecule has 3 amide bonds. The van der Waals surface area contributed by atoms with Crippen LogP contribution in [-0.2, 0) is 9.59 Å². The third kappa shape index (κ3) is 3.24. The van der Waals surface area contributed by atoms with Crippen molar-refractivity contribution in [3.63, 3.8) is 0 Å². The van der Waals surface area contributed by atoms with Gasteiger partial charge in [0.2, 0.25) is 23.4 Å². The summed E-state index contributed by atoms with van der Waals surface area (Å²) in [4.78, 5) is 47.8. The molecule has 1 spiro atoms. The van der Waals surface area contributed by atoms with E-state index in [4.69, 9.17) is 20.9 Å². The highest BCUT2D eigenvalue weighted by Gasteiger charge is 2.76. The van der Waals surface area contributed by atoms with Crippen LogP contribution in [0.15, 0.2) is 23.2 Å². The Morgan fingerprint density at radius 1 is 1.24 bits per heavy atom. The van der Waals surface area contributed by atoms with Crippen molar-refractivity contribution in [3.8, 4) is 11.5 Å². The number of aliphatic imine (C=N–C) groups is 1. The molecule has 2 fully saturated rings. The van der Waals surface area contributed by atoms with Crippen molar-refractivity contribution >= 4 is 29.6 Å². The van der Waals surface area contributed by atoms with Crippen LogP contribution in [0.1, 0.15) is 37.0 Å². The number of carbonyl (C=O) groups excluding carboxylic acids is 3. The fourth-order valence-corrected chi connectivity index (χ4v) is 5.98. The van der Waals surface area contributed by atoms with Gasteiger partial charge in [-0.15, -0.1) is 0 Å². The minimum Gasteiger partial charge on any atom is -0.449 e. The van der Waals surface area contributed by atoms with Crippen LogP contribution in [-0.4, -0.2) is 98.1 Å². The van der Waals surface area contributed by atoms with Crippen molar-refractivity contribution in [1.82, 2.24) is 20.4 Å². The average molecular weight is 530 g/mol. The summed E-state index contributed by atoms with van der Waals surface area (Å²) in [7, 11) is 0. The molecular weight excluding hydrogens is 500 g/mol. The second-order valence-corrected chi connectivity index (χ2v) is 10.5. The van der Waals surface area contributed by atoms with Crippen molar-refractivity contribution in [1.29, 1.82) is 0 Å². The zero-order valence-corrected chi connectivity index (χ0v) is 20.7. The quantitative estimate of drug-likeness (QED) is 0.145. The van der Waals surface area contributed by atoms with Gasteiger partial charge in [0.15, 0.2) is 23.5 Å². The van der Waals surface area contributed by atoms with Crippen LogP contribution in [0, 0.1) is 0 Å². The Labute approximate surface area is 216 Å². The van der Waals surface area contributed by atoms with E-state index in [0.717, 1.165) is 4.90 Å². The van der Waals surface area contributed by atoms with Gasteiger partial charge in [-0.05, 0) is 12.1 Å². The van der Waals surface area contributed by atoms with Crippen LogP contribution in [0.5, 0.6) is 11.5 Å². The highest BCUT2D eigenvalue weighted by molar-refractivity contribution is 6.02. The predicted octanol–water partition coefficient (Wildman–Crippen LogP) is -4.80. The lowest BCUT2D eigenvalue weighted by Crippen LogP contribution is -2.90. The van der Waals surface area contributed by atoms with Crippen LogP contribution in [0.3, 0.4) is 0 Å². The van der Waals surface area contributed by atoms with Crippen molar-refractivity contribution in [2.24, 2.45) is 16.5 Å². The number of nitrogens with zero attached hydrogens (tertiary/aromatic N) is 3. The largest absolute Gasteiger partial charge is 0.449 e. The van der Waals surface area contributed by atoms with Gasteiger partial charge in [0, 0.05) is 26.7 Å². The molecule has 5 aliphatic rings. The van der Waals surface area contributed by atoms with Gasteiger partial charge in [0.25, 0.3) is 11.6 Å². The van der Waals surface area contributed by atoms with E-state index in [-0.39, 0.29) is 61.0 Å². The highest BCUT2D eigenvalue weighted by atomic mass is 16.7. The molecule has 9 N–H and O–H groups in total. The summed E-state index contributed by atoms with van der Waals surface area (Å²) in [5.41, 5.74) is 10.7. The molecular formula is C23H29N8O7+. The lowest BCUT2D eigenvalue weighted by atomic mass is 9.84. The van der Waals surface area contributed by atoms with Gasteiger partial charge in [-0.25, -0.2) is 10.3 Å². The second-order valence-electron chi connectivity index (χ2n) is 10.5. The SMILES string of the molecule is CC1(C)Oc2cccc(C(=O)NC3CN4C(N)=N[C@@H](CN5C(=O)CCC5=O)[C@@H]5[NH+]=C(N)N[C@@]54C3(O)O)c2O1. The fraction of sp³-hybridized carbons (Fsp3) is 0.522. The van der Waals surface area contributed by atoms with Crippen LogP contribution in [0.2, 0.25) is 0 Å². The summed E-state index contributed by atoms with van der Waals surface area (Å²) in [6, 6.07) is 1.78. The van der Waals surface area contributed by atoms with Crippen LogP contribution in [0.25, 0.3) is 0 Å². The number of para-hydroxylation sites is 1. The Kier molecular flexibility index (Phi) is 4.91. The number of nitrogens with two attached hydrogens (primary N) is 2. The van der Waals surface area contributed by atoms with E-state index >= 15 is 0 Å². The Hall–Kier alpha value is -4.11. The number of rotatable bonds is 4. The minimum absolute atomic E-state index is 0.0158. The number of amides is 3. The van der Waals surface area contributed by atoms with Crippen LogP contribution >= 0.6 is 0 Å². The Morgan fingerprint density at radius 2 is 1.95 bits per heavy atom. The summed E-state index contributed by atoms with van der Waals surface area (Å²) >= 11 is 0. The van der Waals surface area contributed by atoms with Crippen molar-refractivity contribution < 1.29 is 39.1 Å². The molecule has 1 aromatic rings. The lowest BCUT2D eigenvalue weighted by Gasteiger charge is -2.46. The first-order valence-corrected chi connectivity index (χ1v) is 12.2. The van der Waals surface area contributed by atoms with Gasteiger partial charge in [-0.1, -0.05) is 6.07 Å². The van der Waals surface area contributed by atoms with Gasteiger partial charge in [-0.2, -0.15) is 0 Å². The minimum atomic E-state index is -2.64. The molecule has 5 heterocycles. The molecule has 4 atom stereocenters. The Bertz CT molecular complexity index is 1310. The molecule has 38 heavy (non-hydrogen) atoms. The number of hydrogen-bond acceptors (Lipinski definition) is 12. The first-order valence-electron chi connectivity index (χ1n) is 12.2. The summed E-state index contributed by atoms with van der Waals surface area (Å²) in [5.74, 6) is -4.36. The van der Waals surface area contributed by atoms with Gasteiger partial charge >= 0.3 is 5.96 Å². The molecule has 2 saturated heterocycles. The van der Waals surface area contributed by atoms with E-state index in [0.29, 0.717) is 5.75 Å². The topological polar surface area (TPSA) is 219 Å². The van der Waals surface area contributed by atoms with Gasteiger partial charge in [0.1, 0.15) is 12.1 Å². The average Bonchev–Trinajstić information content (AvgIpc) is 3.52. The smallest absolute Gasteiger partial charge is 0.343 e. The number of benzene rings is 1. The maximum atomic E-state index is 13.4. The first-order chi connectivity index (χ1) is 17.8. The summed E-state index contributed by atoms with van der Waals surface area (Å²) in [6.45, 7) is 3.14. The molecule has 15 heteroatoms. The zero-order chi connectivity index (χ0) is 27.2. The molecule has 0 aliphatic carbocycles. The summed E-state index contributed by atoms with van der Waals surface area (Å²) in [5, 5.41) is 28.8. The molecule has 6 rings (SSSR count). The number of guanidine groups is 2. The first kappa shape index (κ1) is 24.2. The van der Waals surface area contributed by atoms with Crippen molar-refractivity contribution in [2.75, 3.05) is 13.1 Å². The third-order valence-corrected chi connectivity index (χ3v) is 7.64. The number of fused-ring (bicyclic) bond motifs is 1. The lowest BCUT2D eigenvalue weighted by molar-refractivity contribution is -0.521. The molecule has 0 radical (unpaired) electrons. The monoisotopic (exact) mass is 529 g/mol. The second kappa shape index (κ2) is 7.70. The number of aliphatic hydroxyl groups is 2. The molecule has 0 bridgehead atoms. The summed E-state index contributed by atoms with van der Waals surface area (Å²) in [6.07, 6.45) is 0.194. The predicted molar refractivity (Wildman–Crippen MR) is 128 cm³/mol. The number of ether oxygens (including phenoxy) is 2. The van der Waals surface area contributed by atoms with Crippen LogP contribution in [0.4, 0.5) is 0 Å². The molecule has 0 saturated carbocycles. The molecule has 15 nitrogen and oxygen atoms in total. The van der Waals surface area contributed by atoms with Crippen LogP contribution < -0.4 is 36.6 Å². The highest BCUT2D eigenvalue weighted by Crippen LogP contribution is 2.43. The van der Waals surface area contributed by atoms with E-state index in [9.17, 15) is 24.6 Å². The normalized spacial score (nSPS) is 31.9. The van der Waals surface area contributed by atoms with Crippen molar-refractivity contribution in [3.05, 3.63) is 23.8 Å². The van der Waals surface area contributed by atoms with E-state index in [1.807, 2.05) is 0 Å². The number of hydrogen-bond donors (Lipinski definition) is 7. The maximum absolute atomic E-state index is 13.4. The molecule has 5 aliphatic heterocycles. The Morgan fingerprint density at radius 3 is 2.66 bits per heavy atom. The molecule has 0 aromatic heterocycles. The van der Waals surface area contributed by atoms with Gasteiger partial charge in [-0.3, -0.25) is 34.9 Å².